The van der Waals surface area contributed by atoms with Crippen LogP contribution in [-0.4, -0.2) is 42.5 Å². The van der Waals surface area contributed by atoms with E-state index in [0.717, 1.165) is 19.3 Å². The molecule has 0 bridgehead atoms. The number of hydrogen-bond acceptors (Lipinski definition) is 3. The minimum absolute atomic E-state index is 0.182. The molecule has 2 atom stereocenters. The minimum Gasteiger partial charge on any atom is -0.368 e. The molecule has 0 aromatic heterocycles. The molecule has 2 rings (SSSR count). The Morgan fingerprint density at radius 3 is 2.25 bits per heavy atom. The molecule has 2 aliphatic rings. The van der Waals surface area contributed by atoms with Crippen molar-refractivity contribution in [2.75, 3.05) is 14.1 Å². The molecule has 0 heterocycles. The Morgan fingerprint density at radius 1 is 1.10 bits per heavy atom. The average molecular weight is 281 g/mol. The van der Waals surface area contributed by atoms with Gasteiger partial charge in [0.05, 0.1) is 5.54 Å². The number of nitrogens with two attached hydrogens (primary N) is 1. The van der Waals surface area contributed by atoms with Gasteiger partial charge < -0.3 is 16.0 Å². The van der Waals surface area contributed by atoms with Crippen LogP contribution in [0.1, 0.15) is 64.2 Å². The van der Waals surface area contributed by atoms with Crippen LogP contribution in [0.25, 0.3) is 0 Å². The lowest BCUT2D eigenvalue weighted by molar-refractivity contribution is -0.126. The Bertz CT molecular complexity index is 326. The molecule has 0 radical (unpaired) electrons. The Balaban J connectivity index is 2.01. The highest BCUT2D eigenvalue weighted by atomic mass is 16.1. The van der Waals surface area contributed by atoms with Gasteiger partial charge in [-0.2, -0.15) is 0 Å². The molecule has 0 aromatic carbocycles. The van der Waals surface area contributed by atoms with Crippen molar-refractivity contribution in [2.24, 2.45) is 5.73 Å². The zero-order chi connectivity index (χ0) is 14.6. The molecule has 20 heavy (non-hydrogen) atoms. The van der Waals surface area contributed by atoms with Gasteiger partial charge in [0.15, 0.2) is 0 Å². The zero-order valence-corrected chi connectivity index (χ0v) is 13.2. The number of carbonyl (C=O) groups is 1. The summed E-state index contributed by atoms with van der Waals surface area (Å²) in [6.45, 7) is 0. The molecule has 2 saturated carbocycles. The molecule has 2 unspecified atom stereocenters. The molecule has 2 fully saturated rings. The fourth-order valence-electron chi connectivity index (χ4n) is 4.13. The van der Waals surface area contributed by atoms with Gasteiger partial charge in [-0.05, 0) is 52.6 Å². The lowest BCUT2D eigenvalue weighted by atomic mass is 9.77. The van der Waals surface area contributed by atoms with Gasteiger partial charge in [0.2, 0.25) is 5.91 Å². The highest BCUT2D eigenvalue weighted by molar-refractivity contribution is 5.84. The number of nitrogens with zero attached hydrogens (tertiary/aromatic N) is 1. The van der Waals surface area contributed by atoms with Crippen molar-refractivity contribution in [3.8, 4) is 0 Å². The topological polar surface area (TPSA) is 58.4 Å². The predicted molar refractivity (Wildman–Crippen MR) is 82.5 cm³/mol. The lowest BCUT2D eigenvalue weighted by Gasteiger charge is -2.44. The SMILES string of the molecule is CNC1(C(N)=O)CCCC(N(C)C2CCCCCC2)C1. The van der Waals surface area contributed by atoms with Crippen LogP contribution in [0.4, 0.5) is 0 Å². The van der Waals surface area contributed by atoms with Crippen molar-refractivity contribution in [1.29, 1.82) is 0 Å². The van der Waals surface area contributed by atoms with Gasteiger partial charge >= 0.3 is 0 Å². The predicted octanol–water partition coefficient (Wildman–Crippen LogP) is 2.03. The van der Waals surface area contributed by atoms with Crippen LogP contribution in [0.2, 0.25) is 0 Å². The summed E-state index contributed by atoms with van der Waals surface area (Å²) in [4.78, 5) is 14.4. The van der Waals surface area contributed by atoms with Gasteiger partial charge in [-0.25, -0.2) is 0 Å². The summed E-state index contributed by atoms with van der Waals surface area (Å²) in [5.41, 5.74) is 5.17. The smallest absolute Gasteiger partial charge is 0.237 e. The molecule has 4 nitrogen and oxygen atoms in total. The second kappa shape index (κ2) is 6.90. The number of amides is 1. The average Bonchev–Trinajstić information content (AvgIpc) is 2.75. The largest absolute Gasteiger partial charge is 0.368 e. The van der Waals surface area contributed by atoms with Crippen LogP contribution in [-0.2, 0) is 4.79 Å². The first kappa shape index (κ1) is 15.8. The van der Waals surface area contributed by atoms with E-state index in [1.54, 1.807) is 0 Å². The van der Waals surface area contributed by atoms with E-state index in [0.29, 0.717) is 12.1 Å². The maximum Gasteiger partial charge on any atom is 0.237 e. The van der Waals surface area contributed by atoms with Crippen molar-refractivity contribution in [3.63, 3.8) is 0 Å². The zero-order valence-electron chi connectivity index (χ0n) is 13.2. The number of primary amides is 1. The first-order valence-electron chi connectivity index (χ1n) is 8.30. The Kier molecular flexibility index (Phi) is 5.44. The molecule has 116 valence electrons. The Hall–Kier alpha value is -0.610. The summed E-state index contributed by atoms with van der Waals surface area (Å²) in [7, 11) is 4.13. The standard InChI is InChI=1S/C16H31N3O/c1-18-16(15(17)20)11-7-10-14(12-16)19(2)13-8-5-3-4-6-9-13/h13-14,18H,3-12H2,1-2H3,(H2,17,20). The van der Waals surface area contributed by atoms with Crippen molar-refractivity contribution in [3.05, 3.63) is 0 Å². The van der Waals surface area contributed by atoms with Crippen molar-refractivity contribution >= 4 is 5.91 Å². The molecule has 0 spiro atoms. The van der Waals surface area contributed by atoms with E-state index in [4.69, 9.17) is 5.73 Å². The summed E-state index contributed by atoms with van der Waals surface area (Å²) >= 11 is 0. The van der Waals surface area contributed by atoms with Gasteiger partial charge in [0.1, 0.15) is 0 Å². The summed E-state index contributed by atoms with van der Waals surface area (Å²) in [6, 6.07) is 1.19. The van der Waals surface area contributed by atoms with E-state index in [1.165, 1.54) is 44.9 Å². The fraction of sp³-hybridized carbons (Fsp3) is 0.938. The third kappa shape index (κ3) is 3.34. The van der Waals surface area contributed by atoms with Crippen LogP contribution >= 0.6 is 0 Å². The number of rotatable bonds is 4. The number of carbonyl (C=O) groups excluding carboxylic acids is 1. The summed E-state index contributed by atoms with van der Waals surface area (Å²) < 4.78 is 0. The fourth-order valence-corrected chi connectivity index (χ4v) is 4.13. The molecule has 3 N–H and O–H groups in total. The second-order valence-electron chi connectivity index (χ2n) is 6.76. The first-order valence-corrected chi connectivity index (χ1v) is 8.30. The number of hydrogen-bond donors (Lipinski definition) is 2. The van der Waals surface area contributed by atoms with Gasteiger partial charge in [-0.15, -0.1) is 0 Å². The van der Waals surface area contributed by atoms with Gasteiger partial charge in [-0.1, -0.05) is 25.7 Å². The number of likely N-dealkylation sites (N-methyl/N-ethyl adjacent to an activating group) is 1. The van der Waals surface area contributed by atoms with Crippen LogP contribution in [0.3, 0.4) is 0 Å². The summed E-state index contributed by atoms with van der Waals surface area (Å²) in [5.74, 6) is -0.182. The van der Waals surface area contributed by atoms with Crippen LogP contribution in [0.15, 0.2) is 0 Å². The molecule has 0 aromatic rings. The monoisotopic (exact) mass is 281 g/mol. The molecule has 0 aliphatic heterocycles. The van der Waals surface area contributed by atoms with Gasteiger partial charge in [-0.3, -0.25) is 4.79 Å². The van der Waals surface area contributed by atoms with Crippen LogP contribution in [0, 0.1) is 0 Å². The van der Waals surface area contributed by atoms with E-state index in [9.17, 15) is 4.79 Å². The molecular weight excluding hydrogens is 250 g/mol. The second-order valence-corrected chi connectivity index (χ2v) is 6.76. The normalized spacial score (nSPS) is 33.0. The van der Waals surface area contributed by atoms with E-state index < -0.39 is 5.54 Å². The first-order chi connectivity index (χ1) is 9.59. The lowest BCUT2D eigenvalue weighted by Crippen LogP contribution is -2.60. The quantitative estimate of drug-likeness (QED) is 0.775. The van der Waals surface area contributed by atoms with Gasteiger partial charge in [0.25, 0.3) is 0 Å². The highest BCUT2D eigenvalue weighted by Crippen LogP contribution is 2.33. The highest BCUT2D eigenvalue weighted by Gasteiger charge is 2.42. The molecular formula is C16H31N3O. The minimum atomic E-state index is -0.484. The Labute approximate surface area is 123 Å². The van der Waals surface area contributed by atoms with E-state index in [-0.39, 0.29) is 5.91 Å². The molecule has 4 heteroatoms. The summed E-state index contributed by atoms with van der Waals surface area (Å²) in [6.07, 6.45) is 12.2. The Morgan fingerprint density at radius 2 is 1.70 bits per heavy atom. The molecule has 1 amide bonds. The third-order valence-electron chi connectivity index (χ3n) is 5.65. The van der Waals surface area contributed by atoms with E-state index >= 15 is 0 Å². The molecule has 0 saturated heterocycles. The molecule has 2 aliphatic carbocycles. The maximum absolute atomic E-state index is 11.8. The van der Waals surface area contributed by atoms with Crippen LogP contribution < -0.4 is 11.1 Å². The van der Waals surface area contributed by atoms with E-state index in [1.807, 2.05) is 7.05 Å². The van der Waals surface area contributed by atoms with Gasteiger partial charge in [0, 0.05) is 12.1 Å². The van der Waals surface area contributed by atoms with Crippen molar-refractivity contribution < 1.29 is 4.79 Å². The van der Waals surface area contributed by atoms with E-state index in [2.05, 4.69) is 17.3 Å². The number of nitrogens with one attached hydrogen (secondary N) is 1. The third-order valence-corrected chi connectivity index (χ3v) is 5.65. The maximum atomic E-state index is 11.8. The van der Waals surface area contributed by atoms with Crippen molar-refractivity contribution in [2.45, 2.75) is 81.8 Å². The van der Waals surface area contributed by atoms with Crippen LogP contribution in [0.5, 0.6) is 0 Å². The van der Waals surface area contributed by atoms with Crippen molar-refractivity contribution in [1.82, 2.24) is 10.2 Å². The summed E-state index contributed by atoms with van der Waals surface area (Å²) in [5, 5.41) is 3.22.